The number of carboxylic acids is 1. The van der Waals surface area contributed by atoms with Gasteiger partial charge in [0.15, 0.2) is 17.2 Å². The lowest BCUT2D eigenvalue weighted by Crippen LogP contribution is -2.38. The van der Waals surface area contributed by atoms with Crippen LogP contribution in [-0.2, 0) is 14.8 Å². The maximum absolute atomic E-state index is 13.5. The molecule has 0 fully saturated rings. The molecule has 2 N–H and O–H groups in total. The van der Waals surface area contributed by atoms with E-state index in [9.17, 15) is 23.4 Å². The van der Waals surface area contributed by atoms with Crippen molar-refractivity contribution < 1.29 is 32.9 Å². The number of nitrogens with zero attached hydrogens (tertiary/aromatic N) is 1. The van der Waals surface area contributed by atoms with Crippen LogP contribution in [0.3, 0.4) is 0 Å². The van der Waals surface area contributed by atoms with E-state index in [-0.39, 0.29) is 34.3 Å². The Hall–Kier alpha value is -3.98. The highest BCUT2D eigenvalue weighted by atomic mass is 32.2. The summed E-state index contributed by atoms with van der Waals surface area (Å²) >= 11 is 0. The number of anilines is 1. The lowest BCUT2D eigenvalue weighted by molar-refractivity contribution is -0.132. The van der Waals surface area contributed by atoms with Crippen LogP contribution in [0.2, 0.25) is 0 Å². The summed E-state index contributed by atoms with van der Waals surface area (Å²) in [5.74, 6) is -0.895. The van der Waals surface area contributed by atoms with Gasteiger partial charge in [0, 0.05) is 11.1 Å². The molecular formula is C22H15NO7S. The van der Waals surface area contributed by atoms with Crippen molar-refractivity contribution in [2.24, 2.45) is 0 Å². The van der Waals surface area contributed by atoms with Crippen LogP contribution in [0.25, 0.3) is 5.57 Å². The molecule has 2 aliphatic rings. The molecule has 0 spiro atoms. The molecule has 0 saturated heterocycles. The summed E-state index contributed by atoms with van der Waals surface area (Å²) in [6.45, 7) is 0.0403. The highest BCUT2D eigenvalue weighted by Crippen LogP contribution is 2.46. The topological polar surface area (TPSA) is 113 Å². The second kappa shape index (κ2) is 6.78. The largest absolute Gasteiger partial charge is 0.506 e. The zero-order valence-electron chi connectivity index (χ0n) is 15.8. The van der Waals surface area contributed by atoms with Crippen molar-refractivity contribution in [3.63, 3.8) is 0 Å². The molecule has 0 aliphatic carbocycles. The molecule has 0 radical (unpaired) electrons. The van der Waals surface area contributed by atoms with Gasteiger partial charge in [-0.2, -0.15) is 0 Å². The van der Waals surface area contributed by atoms with Crippen LogP contribution >= 0.6 is 0 Å². The van der Waals surface area contributed by atoms with Crippen molar-refractivity contribution in [1.82, 2.24) is 0 Å². The predicted octanol–water partition coefficient (Wildman–Crippen LogP) is 3.17. The maximum atomic E-state index is 13.5. The molecule has 0 bridgehead atoms. The zero-order valence-corrected chi connectivity index (χ0v) is 16.7. The standard InChI is InChI=1S/C22H15NO7S/c24-16-7-3-2-6-15(16)23-21(22(25)26)20(13-9-10-17-18(11-13)30-12-29-17)14-5-1-4-8-19(14)31(23,27)28/h1-11,24H,12H2,(H,25,26). The second-order valence-corrected chi connectivity index (χ2v) is 8.61. The van der Waals surface area contributed by atoms with Crippen LogP contribution in [0.15, 0.2) is 77.3 Å². The number of ether oxygens (including phenoxy) is 2. The first-order valence-electron chi connectivity index (χ1n) is 9.20. The monoisotopic (exact) mass is 437 g/mol. The predicted molar refractivity (Wildman–Crippen MR) is 110 cm³/mol. The van der Waals surface area contributed by atoms with E-state index < -0.39 is 21.7 Å². The van der Waals surface area contributed by atoms with E-state index in [4.69, 9.17) is 9.47 Å². The minimum absolute atomic E-state index is 0.0403. The number of hydrogen-bond donors (Lipinski definition) is 2. The van der Waals surface area contributed by atoms with Gasteiger partial charge in [0.25, 0.3) is 10.0 Å². The highest BCUT2D eigenvalue weighted by Gasteiger charge is 2.42. The van der Waals surface area contributed by atoms with E-state index in [0.717, 1.165) is 0 Å². The molecule has 0 atom stereocenters. The molecule has 5 rings (SSSR count). The van der Waals surface area contributed by atoms with Crippen molar-refractivity contribution in [2.45, 2.75) is 4.90 Å². The number of carbonyl (C=O) groups is 1. The normalized spacial score (nSPS) is 16.2. The van der Waals surface area contributed by atoms with Crippen molar-refractivity contribution in [2.75, 3.05) is 11.1 Å². The average Bonchev–Trinajstić information content (AvgIpc) is 3.22. The molecule has 0 amide bonds. The van der Waals surface area contributed by atoms with E-state index in [1.54, 1.807) is 36.4 Å². The van der Waals surface area contributed by atoms with E-state index in [2.05, 4.69) is 0 Å². The molecule has 2 heterocycles. The summed E-state index contributed by atoms with van der Waals surface area (Å²) in [6, 6.07) is 16.7. The van der Waals surface area contributed by atoms with Crippen LogP contribution in [-0.4, -0.2) is 31.4 Å². The number of hydrogen-bond acceptors (Lipinski definition) is 6. The number of fused-ring (bicyclic) bond motifs is 2. The lowest BCUT2D eigenvalue weighted by atomic mass is 9.94. The quantitative estimate of drug-likeness (QED) is 0.647. The SMILES string of the molecule is O=C(O)C1=C(c2ccc3c(c2)OCO3)c2ccccc2S(=O)(=O)N1c1ccccc1O. The first-order valence-corrected chi connectivity index (χ1v) is 10.6. The van der Waals surface area contributed by atoms with Gasteiger partial charge in [0.2, 0.25) is 6.79 Å². The van der Waals surface area contributed by atoms with E-state index in [1.165, 1.54) is 30.3 Å². The third kappa shape index (κ3) is 2.82. The van der Waals surface area contributed by atoms with Gasteiger partial charge < -0.3 is 19.7 Å². The number of para-hydroxylation sites is 2. The minimum Gasteiger partial charge on any atom is -0.506 e. The fourth-order valence-electron chi connectivity index (χ4n) is 3.77. The Morgan fingerprint density at radius 1 is 0.935 bits per heavy atom. The first kappa shape index (κ1) is 19.0. The van der Waals surface area contributed by atoms with Gasteiger partial charge in [-0.05, 0) is 35.9 Å². The molecule has 31 heavy (non-hydrogen) atoms. The first-order chi connectivity index (χ1) is 14.9. The summed E-state index contributed by atoms with van der Waals surface area (Å²) in [6.07, 6.45) is 0. The number of aliphatic carboxylic acids is 1. The van der Waals surface area contributed by atoms with Crippen molar-refractivity contribution in [3.8, 4) is 17.2 Å². The van der Waals surface area contributed by atoms with Crippen LogP contribution in [0.1, 0.15) is 11.1 Å². The Kier molecular flexibility index (Phi) is 4.16. The number of aromatic hydroxyl groups is 1. The van der Waals surface area contributed by atoms with E-state index in [1.807, 2.05) is 0 Å². The van der Waals surface area contributed by atoms with Gasteiger partial charge in [-0.1, -0.05) is 36.4 Å². The number of rotatable bonds is 3. The molecule has 9 heteroatoms. The van der Waals surface area contributed by atoms with Gasteiger partial charge in [-0.15, -0.1) is 0 Å². The van der Waals surface area contributed by atoms with Gasteiger partial charge in [-0.3, -0.25) is 0 Å². The van der Waals surface area contributed by atoms with Gasteiger partial charge >= 0.3 is 5.97 Å². The Morgan fingerprint density at radius 2 is 1.65 bits per heavy atom. The number of benzene rings is 3. The Balaban J connectivity index is 1.89. The van der Waals surface area contributed by atoms with Gasteiger partial charge in [-0.25, -0.2) is 17.5 Å². The van der Waals surface area contributed by atoms with Crippen molar-refractivity contribution >= 4 is 27.3 Å². The number of phenols is 1. The highest BCUT2D eigenvalue weighted by molar-refractivity contribution is 7.93. The molecular weight excluding hydrogens is 422 g/mol. The second-order valence-electron chi connectivity index (χ2n) is 6.85. The molecule has 2 aliphatic heterocycles. The summed E-state index contributed by atoms with van der Waals surface area (Å²) in [5.41, 5.74) is 0.195. The van der Waals surface area contributed by atoms with Crippen LogP contribution in [0.4, 0.5) is 5.69 Å². The Bertz CT molecular complexity index is 1380. The lowest BCUT2D eigenvalue weighted by Gasteiger charge is -2.32. The third-order valence-electron chi connectivity index (χ3n) is 5.08. The molecule has 3 aromatic rings. The minimum atomic E-state index is -4.33. The smallest absolute Gasteiger partial charge is 0.354 e. The zero-order chi connectivity index (χ0) is 21.8. The number of sulfonamides is 1. The molecule has 156 valence electrons. The molecule has 0 aromatic heterocycles. The van der Waals surface area contributed by atoms with Gasteiger partial charge in [0.1, 0.15) is 5.75 Å². The molecule has 3 aromatic carbocycles. The van der Waals surface area contributed by atoms with Crippen LogP contribution < -0.4 is 13.8 Å². The molecule has 0 saturated carbocycles. The summed E-state index contributed by atoms with van der Waals surface area (Å²) in [5, 5.41) is 20.5. The molecule has 0 unspecified atom stereocenters. The van der Waals surface area contributed by atoms with Crippen molar-refractivity contribution in [1.29, 1.82) is 0 Å². The summed E-state index contributed by atoms with van der Waals surface area (Å²) in [4.78, 5) is 12.4. The van der Waals surface area contributed by atoms with E-state index in [0.29, 0.717) is 21.4 Å². The van der Waals surface area contributed by atoms with Crippen molar-refractivity contribution in [3.05, 3.63) is 83.6 Å². The van der Waals surface area contributed by atoms with E-state index >= 15 is 0 Å². The Labute approximate surface area is 177 Å². The number of carboxylic acid groups (broad SMARTS) is 1. The summed E-state index contributed by atoms with van der Waals surface area (Å²) in [7, 11) is -4.33. The molecule has 8 nitrogen and oxygen atoms in total. The number of phenolic OH excluding ortho intramolecular Hbond substituents is 1. The van der Waals surface area contributed by atoms with Crippen LogP contribution in [0, 0.1) is 0 Å². The third-order valence-corrected chi connectivity index (χ3v) is 6.85. The maximum Gasteiger partial charge on any atom is 0.354 e. The van der Waals surface area contributed by atoms with Crippen LogP contribution in [0.5, 0.6) is 17.2 Å². The fourth-order valence-corrected chi connectivity index (χ4v) is 5.49. The Morgan fingerprint density at radius 3 is 2.42 bits per heavy atom. The average molecular weight is 437 g/mol. The summed E-state index contributed by atoms with van der Waals surface area (Å²) < 4.78 is 38.4. The van der Waals surface area contributed by atoms with Gasteiger partial charge in [0.05, 0.1) is 10.6 Å². The fraction of sp³-hybridized carbons (Fsp3) is 0.0455.